The summed E-state index contributed by atoms with van der Waals surface area (Å²) in [6.07, 6.45) is 3.64. The molecule has 5 nitrogen and oxygen atoms in total. The second kappa shape index (κ2) is 9.54. The van der Waals surface area contributed by atoms with E-state index in [1.54, 1.807) is 7.11 Å². The zero-order valence-corrected chi connectivity index (χ0v) is 13.8. The minimum atomic E-state index is 0. The second-order valence-corrected chi connectivity index (χ2v) is 5.25. The summed E-state index contributed by atoms with van der Waals surface area (Å²) in [4.78, 5) is 14.1. The number of carbonyl (C=O) groups is 1. The standard InChI is InChI=1S/C16H24N2O3.ClH/c1-20-14-5-7-15(8-6-14)21-11-9-16(19)18-10-3-2-4-13(18)12-17;/h5-8,13H,2-4,9-12,17H2,1H3;1H. The van der Waals surface area contributed by atoms with E-state index in [0.717, 1.165) is 37.3 Å². The van der Waals surface area contributed by atoms with Gasteiger partial charge >= 0.3 is 0 Å². The van der Waals surface area contributed by atoms with Crippen molar-refractivity contribution < 1.29 is 14.3 Å². The number of carbonyl (C=O) groups excluding carboxylic acids is 1. The third kappa shape index (κ3) is 5.07. The van der Waals surface area contributed by atoms with Gasteiger partial charge in [-0.15, -0.1) is 12.4 Å². The van der Waals surface area contributed by atoms with Gasteiger partial charge in [-0.25, -0.2) is 0 Å². The van der Waals surface area contributed by atoms with Gasteiger partial charge in [0, 0.05) is 19.1 Å². The van der Waals surface area contributed by atoms with Gasteiger partial charge in [0.25, 0.3) is 0 Å². The normalized spacial score (nSPS) is 17.5. The summed E-state index contributed by atoms with van der Waals surface area (Å²) in [5, 5.41) is 0. The Kier molecular flexibility index (Phi) is 8.06. The van der Waals surface area contributed by atoms with Crippen molar-refractivity contribution in [3.63, 3.8) is 0 Å². The smallest absolute Gasteiger partial charge is 0.226 e. The number of hydrogen-bond acceptors (Lipinski definition) is 4. The highest BCUT2D eigenvalue weighted by Gasteiger charge is 2.25. The first-order valence-corrected chi connectivity index (χ1v) is 7.51. The van der Waals surface area contributed by atoms with Crippen LogP contribution in [0.1, 0.15) is 25.7 Å². The molecule has 1 atom stereocenters. The van der Waals surface area contributed by atoms with Crippen molar-refractivity contribution >= 4 is 18.3 Å². The maximum Gasteiger partial charge on any atom is 0.226 e. The second-order valence-electron chi connectivity index (χ2n) is 5.25. The summed E-state index contributed by atoms with van der Waals surface area (Å²) in [5.41, 5.74) is 5.74. The molecule has 1 aromatic rings. The minimum absolute atomic E-state index is 0. The molecule has 2 N–H and O–H groups in total. The predicted molar refractivity (Wildman–Crippen MR) is 88.8 cm³/mol. The molecule has 0 bridgehead atoms. The molecule has 1 fully saturated rings. The molecule has 1 amide bonds. The summed E-state index contributed by atoms with van der Waals surface area (Å²) in [5.74, 6) is 1.67. The fourth-order valence-electron chi connectivity index (χ4n) is 2.65. The molecule has 0 aromatic heterocycles. The van der Waals surface area contributed by atoms with E-state index in [0.29, 0.717) is 19.6 Å². The molecule has 1 unspecified atom stereocenters. The molecule has 1 aliphatic heterocycles. The van der Waals surface area contributed by atoms with Gasteiger partial charge in [-0.05, 0) is 43.5 Å². The fourth-order valence-corrected chi connectivity index (χ4v) is 2.65. The van der Waals surface area contributed by atoms with E-state index in [-0.39, 0.29) is 24.4 Å². The van der Waals surface area contributed by atoms with Crippen LogP contribution in [-0.2, 0) is 4.79 Å². The van der Waals surface area contributed by atoms with Crippen LogP contribution in [0.4, 0.5) is 0 Å². The summed E-state index contributed by atoms with van der Waals surface area (Å²) in [6, 6.07) is 7.56. The van der Waals surface area contributed by atoms with Crippen molar-refractivity contribution in [1.29, 1.82) is 0 Å². The van der Waals surface area contributed by atoms with Crippen LogP contribution >= 0.6 is 12.4 Å². The average molecular weight is 329 g/mol. The molecule has 1 heterocycles. The number of ether oxygens (including phenoxy) is 2. The monoisotopic (exact) mass is 328 g/mol. The van der Waals surface area contributed by atoms with E-state index < -0.39 is 0 Å². The van der Waals surface area contributed by atoms with Gasteiger partial charge in [-0.1, -0.05) is 0 Å². The van der Waals surface area contributed by atoms with Gasteiger partial charge in [0.2, 0.25) is 5.91 Å². The lowest BCUT2D eigenvalue weighted by Gasteiger charge is -2.35. The first-order chi connectivity index (χ1) is 10.2. The Labute approximate surface area is 138 Å². The number of halogens is 1. The SMILES string of the molecule is COc1ccc(OCCC(=O)N2CCCCC2CN)cc1.Cl. The lowest BCUT2D eigenvalue weighted by molar-refractivity contribution is -0.135. The lowest BCUT2D eigenvalue weighted by atomic mass is 10.0. The van der Waals surface area contributed by atoms with Crippen LogP contribution in [0.3, 0.4) is 0 Å². The van der Waals surface area contributed by atoms with Crippen LogP contribution in [-0.4, -0.2) is 43.7 Å². The molecule has 0 saturated carbocycles. The zero-order chi connectivity index (χ0) is 15.1. The number of amides is 1. The van der Waals surface area contributed by atoms with Gasteiger partial charge in [-0.2, -0.15) is 0 Å². The van der Waals surface area contributed by atoms with Crippen molar-refractivity contribution in [2.45, 2.75) is 31.7 Å². The number of methoxy groups -OCH3 is 1. The van der Waals surface area contributed by atoms with E-state index >= 15 is 0 Å². The van der Waals surface area contributed by atoms with Crippen LogP contribution in [0.15, 0.2) is 24.3 Å². The van der Waals surface area contributed by atoms with Crippen molar-refractivity contribution in [2.24, 2.45) is 5.73 Å². The Balaban J connectivity index is 0.00000242. The minimum Gasteiger partial charge on any atom is -0.497 e. The number of hydrogen-bond donors (Lipinski definition) is 1. The molecular weight excluding hydrogens is 304 g/mol. The summed E-state index contributed by atoms with van der Waals surface area (Å²) >= 11 is 0. The highest BCUT2D eigenvalue weighted by molar-refractivity contribution is 5.85. The van der Waals surface area contributed by atoms with Gasteiger partial charge in [0.15, 0.2) is 0 Å². The first-order valence-electron chi connectivity index (χ1n) is 7.51. The van der Waals surface area contributed by atoms with Crippen molar-refractivity contribution in [2.75, 3.05) is 26.8 Å². The number of nitrogens with two attached hydrogens (primary N) is 1. The van der Waals surface area contributed by atoms with Crippen LogP contribution in [0.5, 0.6) is 11.5 Å². The van der Waals surface area contributed by atoms with Crippen molar-refractivity contribution in [3.8, 4) is 11.5 Å². The van der Waals surface area contributed by atoms with E-state index in [9.17, 15) is 4.79 Å². The quantitative estimate of drug-likeness (QED) is 0.869. The van der Waals surface area contributed by atoms with Crippen molar-refractivity contribution in [1.82, 2.24) is 4.90 Å². The number of nitrogens with zero attached hydrogens (tertiary/aromatic N) is 1. The largest absolute Gasteiger partial charge is 0.497 e. The molecule has 124 valence electrons. The number of rotatable bonds is 6. The third-order valence-electron chi connectivity index (χ3n) is 3.86. The topological polar surface area (TPSA) is 64.8 Å². The zero-order valence-electron chi connectivity index (χ0n) is 13.0. The Bertz CT molecular complexity index is 453. The van der Waals surface area contributed by atoms with Gasteiger partial charge in [0.05, 0.1) is 20.1 Å². The molecule has 1 aromatic carbocycles. The summed E-state index contributed by atoms with van der Waals surface area (Å²) < 4.78 is 10.7. The van der Waals surface area contributed by atoms with Crippen LogP contribution in [0.25, 0.3) is 0 Å². The number of likely N-dealkylation sites (tertiary alicyclic amines) is 1. The molecule has 22 heavy (non-hydrogen) atoms. The molecule has 0 spiro atoms. The highest BCUT2D eigenvalue weighted by atomic mass is 35.5. The lowest BCUT2D eigenvalue weighted by Crippen LogP contribution is -2.47. The summed E-state index contributed by atoms with van der Waals surface area (Å²) in [6.45, 7) is 1.76. The molecule has 6 heteroatoms. The number of benzene rings is 1. The highest BCUT2D eigenvalue weighted by Crippen LogP contribution is 2.19. The third-order valence-corrected chi connectivity index (χ3v) is 3.86. The van der Waals surface area contributed by atoms with Crippen LogP contribution < -0.4 is 15.2 Å². The maximum atomic E-state index is 12.2. The van der Waals surface area contributed by atoms with Crippen molar-refractivity contribution in [3.05, 3.63) is 24.3 Å². The van der Waals surface area contributed by atoms with Gasteiger partial charge < -0.3 is 20.1 Å². The van der Waals surface area contributed by atoms with E-state index in [4.69, 9.17) is 15.2 Å². The summed E-state index contributed by atoms with van der Waals surface area (Å²) in [7, 11) is 1.63. The number of piperidine rings is 1. The first kappa shape index (κ1) is 18.6. The Hall–Kier alpha value is -1.46. The Morgan fingerprint density at radius 2 is 1.95 bits per heavy atom. The maximum absolute atomic E-state index is 12.2. The average Bonchev–Trinajstić information content (AvgIpc) is 2.55. The van der Waals surface area contributed by atoms with E-state index in [1.165, 1.54) is 0 Å². The molecule has 0 aliphatic carbocycles. The molecular formula is C16H25ClN2O3. The van der Waals surface area contributed by atoms with Gasteiger partial charge in [0.1, 0.15) is 11.5 Å². The van der Waals surface area contributed by atoms with Crippen LogP contribution in [0.2, 0.25) is 0 Å². The van der Waals surface area contributed by atoms with E-state index in [1.807, 2.05) is 29.2 Å². The van der Waals surface area contributed by atoms with Gasteiger partial charge in [-0.3, -0.25) is 4.79 Å². The predicted octanol–water partition coefficient (Wildman–Crippen LogP) is 2.23. The van der Waals surface area contributed by atoms with E-state index in [2.05, 4.69) is 0 Å². The molecule has 1 aliphatic rings. The molecule has 1 saturated heterocycles. The van der Waals surface area contributed by atoms with Crippen LogP contribution in [0, 0.1) is 0 Å². The molecule has 0 radical (unpaired) electrons. The molecule has 2 rings (SSSR count). The fraction of sp³-hybridized carbons (Fsp3) is 0.562. The Morgan fingerprint density at radius 3 is 2.59 bits per heavy atom. The Morgan fingerprint density at radius 1 is 1.27 bits per heavy atom.